The Morgan fingerprint density at radius 2 is 1.84 bits per heavy atom. The minimum atomic E-state index is -3.93. The molecule has 0 unspecified atom stereocenters. The molecule has 0 atom stereocenters. The van der Waals surface area contributed by atoms with E-state index in [1.54, 1.807) is 0 Å². The van der Waals surface area contributed by atoms with E-state index in [9.17, 15) is 17.6 Å². The average Bonchev–Trinajstić information content (AvgIpc) is 3.08. The zero-order chi connectivity index (χ0) is 18.0. The van der Waals surface area contributed by atoms with Crippen molar-refractivity contribution >= 4 is 44.4 Å². The standard InChI is InChI=1S/C15H9ClFN3O3S2/c16-9-1-4-11(5-2-9)25(22,23)15-13(19-8-24-15)14(21)20-10-3-6-12(17)18-7-10/h1-8H,(H,20,21). The first-order valence-corrected chi connectivity index (χ1v) is 9.49. The summed E-state index contributed by atoms with van der Waals surface area (Å²) in [5.74, 6) is -1.43. The number of thiazole rings is 1. The van der Waals surface area contributed by atoms with Crippen molar-refractivity contribution in [1.29, 1.82) is 0 Å². The first kappa shape index (κ1) is 17.5. The second kappa shape index (κ2) is 6.87. The van der Waals surface area contributed by atoms with Gasteiger partial charge in [-0.2, -0.15) is 4.39 Å². The average molecular weight is 398 g/mol. The molecule has 0 bridgehead atoms. The van der Waals surface area contributed by atoms with Crippen molar-refractivity contribution in [2.45, 2.75) is 9.10 Å². The molecule has 0 saturated carbocycles. The number of hydrogen-bond acceptors (Lipinski definition) is 6. The summed E-state index contributed by atoms with van der Waals surface area (Å²) in [5, 5.41) is 2.83. The van der Waals surface area contributed by atoms with Crippen LogP contribution in [-0.4, -0.2) is 24.3 Å². The molecule has 10 heteroatoms. The number of amides is 1. The summed E-state index contributed by atoms with van der Waals surface area (Å²) in [5.41, 5.74) is 1.24. The van der Waals surface area contributed by atoms with Crippen molar-refractivity contribution in [3.8, 4) is 0 Å². The lowest BCUT2D eigenvalue weighted by molar-refractivity contribution is 0.102. The number of nitrogens with one attached hydrogen (secondary N) is 1. The zero-order valence-electron chi connectivity index (χ0n) is 12.3. The number of sulfone groups is 1. The highest BCUT2D eigenvalue weighted by molar-refractivity contribution is 7.93. The van der Waals surface area contributed by atoms with Crippen molar-refractivity contribution in [3.63, 3.8) is 0 Å². The second-order valence-corrected chi connectivity index (χ2v) is 8.21. The molecule has 0 aliphatic heterocycles. The SMILES string of the molecule is O=C(Nc1ccc(F)nc1)c1ncsc1S(=O)(=O)c1ccc(Cl)cc1. The predicted molar refractivity (Wildman–Crippen MR) is 91.2 cm³/mol. The maximum absolute atomic E-state index is 12.8. The summed E-state index contributed by atoms with van der Waals surface area (Å²) in [6.07, 6.45) is 1.12. The van der Waals surface area contributed by atoms with E-state index in [2.05, 4.69) is 15.3 Å². The van der Waals surface area contributed by atoms with Crippen LogP contribution in [0.15, 0.2) is 57.2 Å². The maximum atomic E-state index is 12.8. The molecule has 25 heavy (non-hydrogen) atoms. The Kier molecular flexibility index (Phi) is 4.80. The van der Waals surface area contributed by atoms with Crippen molar-refractivity contribution in [1.82, 2.24) is 9.97 Å². The largest absolute Gasteiger partial charge is 0.319 e. The van der Waals surface area contributed by atoms with Gasteiger partial charge < -0.3 is 5.32 Å². The molecule has 2 heterocycles. The summed E-state index contributed by atoms with van der Waals surface area (Å²) < 4.78 is 38.0. The third kappa shape index (κ3) is 3.68. The highest BCUT2D eigenvalue weighted by Crippen LogP contribution is 2.28. The van der Waals surface area contributed by atoms with Gasteiger partial charge in [0, 0.05) is 5.02 Å². The molecule has 1 amide bonds. The number of benzene rings is 1. The number of halogens is 2. The Balaban J connectivity index is 1.93. The number of carbonyl (C=O) groups excluding carboxylic acids is 1. The van der Waals surface area contributed by atoms with E-state index in [1.165, 1.54) is 35.8 Å². The number of aromatic nitrogens is 2. The second-order valence-electron chi connectivity index (χ2n) is 4.77. The van der Waals surface area contributed by atoms with E-state index in [-0.39, 0.29) is 20.5 Å². The number of pyridine rings is 1. The molecule has 0 radical (unpaired) electrons. The summed E-state index contributed by atoms with van der Waals surface area (Å²) >= 11 is 6.60. The minimum absolute atomic E-state index is 0.00125. The number of hydrogen-bond donors (Lipinski definition) is 1. The van der Waals surface area contributed by atoms with E-state index in [0.717, 1.165) is 23.6 Å². The van der Waals surface area contributed by atoms with E-state index in [1.807, 2.05) is 0 Å². The van der Waals surface area contributed by atoms with E-state index in [0.29, 0.717) is 5.02 Å². The van der Waals surface area contributed by atoms with Gasteiger partial charge in [-0.05, 0) is 36.4 Å². The normalized spacial score (nSPS) is 11.3. The van der Waals surface area contributed by atoms with Gasteiger partial charge in [-0.25, -0.2) is 18.4 Å². The Bertz CT molecular complexity index is 1020. The number of nitrogens with zero attached hydrogens (tertiary/aromatic N) is 2. The van der Waals surface area contributed by atoms with E-state index < -0.39 is 21.7 Å². The third-order valence-corrected chi connectivity index (χ3v) is 6.49. The maximum Gasteiger partial charge on any atom is 0.276 e. The zero-order valence-corrected chi connectivity index (χ0v) is 14.7. The Morgan fingerprint density at radius 3 is 2.48 bits per heavy atom. The van der Waals surface area contributed by atoms with Crippen molar-refractivity contribution in [3.05, 3.63) is 64.8 Å². The lowest BCUT2D eigenvalue weighted by Gasteiger charge is -2.06. The number of carbonyl (C=O) groups is 1. The molecule has 0 fully saturated rings. The molecule has 3 rings (SSSR count). The monoisotopic (exact) mass is 397 g/mol. The highest BCUT2D eigenvalue weighted by atomic mass is 35.5. The number of rotatable bonds is 4. The molecule has 0 spiro atoms. The Morgan fingerprint density at radius 1 is 1.12 bits per heavy atom. The van der Waals surface area contributed by atoms with Crippen LogP contribution in [-0.2, 0) is 9.84 Å². The van der Waals surface area contributed by atoms with E-state index >= 15 is 0 Å². The first-order chi connectivity index (χ1) is 11.9. The summed E-state index contributed by atoms with van der Waals surface area (Å²) in [4.78, 5) is 19.6. The van der Waals surface area contributed by atoms with Crippen LogP contribution in [0.1, 0.15) is 10.5 Å². The molecule has 1 N–H and O–H groups in total. The number of anilines is 1. The van der Waals surface area contributed by atoms with Crippen molar-refractivity contribution in [2.24, 2.45) is 0 Å². The van der Waals surface area contributed by atoms with Crippen LogP contribution in [0, 0.1) is 5.95 Å². The van der Waals surface area contributed by atoms with Gasteiger partial charge in [0.25, 0.3) is 5.91 Å². The van der Waals surface area contributed by atoms with Gasteiger partial charge in [-0.15, -0.1) is 11.3 Å². The molecule has 6 nitrogen and oxygen atoms in total. The quantitative estimate of drug-likeness (QED) is 0.681. The topological polar surface area (TPSA) is 89.0 Å². The van der Waals surface area contributed by atoms with Crippen LogP contribution in [0.25, 0.3) is 0 Å². The van der Waals surface area contributed by atoms with Gasteiger partial charge in [0.05, 0.1) is 22.3 Å². The minimum Gasteiger partial charge on any atom is -0.319 e. The van der Waals surface area contributed by atoms with Crippen LogP contribution < -0.4 is 5.32 Å². The van der Waals surface area contributed by atoms with Gasteiger partial charge in [0.15, 0.2) is 9.90 Å². The Labute approximate surface area is 151 Å². The highest BCUT2D eigenvalue weighted by Gasteiger charge is 2.27. The third-order valence-electron chi connectivity index (χ3n) is 3.10. The molecule has 1 aromatic carbocycles. The molecule has 3 aromatic rings. The van der Waals surface area contributed by atoms with Crippen LogP contribution in [0.5, 0.6) is 0 Å². The molecule has 2 aromatic heterocycles. The predicted octanol–water partition coefficient (Wildman–Crippen LogP) is 3.42. The lowest BCUT2D eigenvalue weighted by atomic mass is 10.4. The molecular formula is C15H9ClFN3O3S2. The van der Waals surface area contributed by atoms with Crippen LogP contribution in [0.2, 0.25) is 5.02 Å². The summed E-state index contributed by atoms with van der Waals surface area (Å²) in [6, 6.07) is 7.97. The van der Waals surface area contributed by atoms with Crippen LogP contribution >= 0.6 is 22.9 Å². The van der Waals surface area contributed by atoms with Gasteiger partial charge in [0.1, 0.15) is 0 Å². The smallest absolute Gasteiger partial charge is 0.276 e. The van der Waals surface area contributed by atoms with Gasteiger partial charge >= 0.3 is 0 Å². The van der Waals surface area contributed by atoms with Gasteiger partial charge in [-0.1, -0.05) is 11.6 Å². The fraction of sp³-hybridized carbons (Fsp3) is 0. The molecule has 128 valence electrons. The van der Waals surface area contributed by atoms with Gasteiger partial charge in [0.2, 0.25) is 15.8 Å². The molecular weight excluding hydrogens is 389 g/mol. The van der Waals surface area contributed by atoms with Gasteiger partial charge in [-0.3, -0.25) is 4.79 Å². The first-order valence-electron chi connectivity index (χ1n) is 6.75. The summed E-state index contributed by atoms with van der Waals surface area (Å²) in [6.45, 7) is 0. The molecule has 0 aliphatic rings. The molecule has 0 saturated heterocycles. The fourth-order valence-corrected chi connectivity index (χ4v) is 4.61. The van der Waals surface area contributed by atoms with Crippen molar-refractivity contribution in [2.75, 3.05) is 5.32 Å². The lowest BCUT2D eigenvalue weighted by Crippen LogP contribution is -2.16. The molecule has 0 aliphatic carbocycles. The fourth-order valence-electron chi connectivity index (χ4n) is 1.94. The van der Waals surface area contributed by atoms with Crippen molar-refractivity contribution < 1.29 is 17.6 Å². The van der Waals surface area contributed by atoms with Crippen LogP contribution in [0.3, 0.4) is 0 Å². The van der Waals surface area contributed by atoms with E-state index in [4.69, 9.17) is 11.6 Å². The van der Waals surface area contributed by atoms with Crippen LogP contribution in [0.4, 0.5) is 10.1 Å². The Hall–Kier alpha value is -2.36. The summed E-state index contributed by atoms with van der Waals surface area (Å²) in [7, 11) is -3.93.